The van der Waals surface area contributed by atoms with Crippen LogP contribution < -0.4 is 32.9 Å². The summed E-state index contributed by atoms with van der Waals surface area (Å²) in [5, 5.41) is 3.36. The van der Waals surface area contributed by atoms with E-state index in [0.29, 0.717) is 0 Å². The minimum absolute atomic E-state index is 0. The number of para-hydroxylation sites is 2. The van der Waals surface area contributed by atoms with Crippen LogP contribution in [0, 0.1) is 0 Å². The van der Waals surface area contributed by atoms with Crippen LogP contribution in [-0.4, -0.2) is 31.9 Å². The molecule has 1 aliphatic heterocycles. The van der Waals surface area contributed by atoms with E-state index in [1.165, 1.54) is 40.7 Å². The van der Waals surface area contributed by atoms with Crippen LogP contribution in [0.5, 0.6) is 0 Å². The van der Waals surface area contributed by atoms with Gasteiger partial charge in [-0.15, -0.1) is 0 Å². The highest BCUT2D eigenvalue weighted by molar-refractivity contribution is 5.84. The molecule has 0 unspecified atom stereocenters. The van der Waals surface area contributed by atoms with Gasteiger partial charge in [-0.05, 0) is 49.5 Å². The molecule has 6 heteroatoms. The van der Waals surface area contributed by atoms with Gasteiger partial charge in [0.2, 0.25) is 0 Å². The summed E-state index contributed by atoms with van der Waals surface area (Å²) < 4.78 is 4.77. The molecule has 0 spiro atoms. The lowest BCUT2D eigenvalue weighted by atomic mass is 10.1. The van der Waals surface area contributed by atoms with E-state index in [-0.39, 0.29) is 12.4 Å². The maximum Gasteiger partial charge on any atom is 0.285 e. The zero-order valence-electron chi connectivity index (χ0n) is 17.8. The fourth-order valence-electron chi connectivity index (χ4n) is 3.88. The molecule has 156 valence electrons. The van der Waals surface area contributed by atoms with Gasteiger partial charge in [-0.2, -0.15) is 0 Å². The zero-order chi connectivity index (χ0) is 20.1. The Kier molecular flexibility index (Phi) is 8.26. The summed E-state index contributed by atoms with van der Waals surface area (Å²) in [6.45, 7) is 5.04. The molecule has 0 saturated heterocycles. The Hall–Kier alpha value is -2.34. The number of aryl methyl sites for hydroxylation is 2. The number of nitrogens with one attached hydrogen (secondary N) is 1. The van der Waals surface area contributed by atoms with Gasteiger partial charge in [0.25, 0.3) is 5.82 Å². The van der Waals surface area contributed by atoms with Gasteiger partial charge in [-0.25, -0.2) is 9.13 Å². The summed E-state index contributed by atoms with van der Waals surface area (Å²) >= 11 is 0. The Morgan fingerprint density at radius 2 is 1.83 bits per heavy atom. The normalized spacial score (nSPS) is 13.6. The van der Waals surface area contributed by atoms with Crippen LogP contribution in [0.15, 0.2) is 48.5 Å². The van der Waals surface area contributed by atoms with Crippen LogP contribution in [0.1, 0.15) is 24.7 Å². The Balaban J connectivity index is 0.000000970. The molecule has 29 heavy (non-hydrogen) atoms. The molecule has 0 radical (unpaired) electrons. The molecular formula is C23H32ClN5. The fourth-order valence-corrected chi connectivity index (χ4v) is 3.88. The molecule has 0 amide bonds. The second-order valence-corrected chi connectivity index (χ2v) is 6.99. The predicted molar refractivity (Wildman–Crippen MR) is 119 cm³/mol. The largest absolute Gasteiger partial charge is 1.00 e. The minimum atomic E-state index is 0. The first-order valence-electron chi connectivity index (χ1n) is 9.97. The fraction of sp³-hybridized carbons (Fsp3) is 0.348. The van der Waals surface area contributed by atoms with Gasteiger partial charge in [-0.3, -0.25) is 0 Å². The Labute approximate surface area is 180 Å². The molecular weight excluding hydrogens is 382 g/mol. The summed E-state index contributed by atoms with van der Waals surface area (Å²) in [6, 6.07) is 17.5. The average molecular weight is 414 g/mol. The quantitative estimate of drug-likeness (QED) is 0.457. The third-order valence-corrected chi connectivity index (χ3v) is 5.27. The lowest BCUT2D eigenvalue weighted by Gasteiger charge is -2.19. The van der Waals surface area contributed by atoms with E-state index >= 15 is 0 Å². The number of nitrogens with zero attached hydrogens (tertiary/aromatic N) is 3. The number of halogens is 1. The molecule has 0 fully saturated rings. The van der Waals surface area contributed by atoms with Crippen LogP contribution in [0.2, 0.25) is 0 Å². The van der Waals surface area contributed by atoms with Gasteiger partial charge in [0.05, 0.1) is 20.3 Å². The summed E-state index contributed by atoms with van der Waals surface area (Å²) in [7, 11) is 5.79. The van der Waals surface area contributed by atoms with Gasteiger partial charge < -0.3 is 28.4 Å². The first-order chi connectivity index (χ1) is 13.7. The number of fused-ring (bicyclic) bond motifs is 3. The summed E-state index contributed by atoms with van der Waals surface area (Å²) in [6.07, 6.45) is 3.43. The summed E-state index contributed by atoms with van der Waals surface area (Å²) in [5.74, 6) is 1.33. The van der Waals surface area contributed by atoms with Crippen molar-refractivity contribution in [3.8, 4) is 0 Å². The molecule has 0 aliphatic carbocycles. The molecule has 1 aliphatic rings. The summed E-state index contributed by atoms with van der Waals surface area (Å²) in [4.78, 5) is 2.23. The SMILES string of the molecule is CCNCN(C)c1ccc(/C=C2\CCn3c2[n+](C)c2ccccc23)cc1.CN.[Cl-]. The van der Waals surface area contributed by atoms with Gasteiger partial charge in [-0.1, -0.05) is 31.2 Å². The van der Waals surface area contributed by atoms with Crippen LogP contribution in [0.25, 0.3) is 22.7 Å². The number of rotatable bonds is 5. The van der Waals surface area contributed by atoms with Crippen molar-refractivity contribution in [3.05, 3.63) is 59.9 Å². The van der Waals surface area contributed by atoms with Crippen LogP contribution in [0.4, 0.5) is 5.69 Å². The first kappa shape index (κ1) is 22.9. The van der Waals surface area contributed by atoms with Crippen molar-refractivity contribution in [1.29, 1.82) is 0 Å². The van der Waals surface area contributed by atoms with Crippen LogP contribution in [-0.2, 0) is 13.6 Å². The van der Waals surface area contributed by atoms with E-state index in [4.69, 9.17) is 0 Å². The maximum atomic E-state index is 4.50. The van der Waals surface area contributed by atoms with Crippen molar-refractivity contribution in [2.45, 2.75) is 19.9 Å². The maximum absolute atomic E-state index is 4.50. The van der Waals surface area contributed by atoms with Crippen molar-refractivity contribution in [2.75, 3.05) is 32.2 Å². The number of benzene rings is 2. The Bertz CT molecular complexity index is 959. The molecule has 0 atom stereocenters. The number of aromatic nitrogens is 2. The summed E-state index contributed by atoms with van der Waals surface area (Å²) in [5.41, 5.74) is 11.0. The number of imidazole rings is 1. The lowest BCUT2D eigenvalue weighted by Crippen LogP contribution is -3.00. The highest BCUT2D eigenvalue weighted by atomic mass is 35.5. The zero-order valence-corrected chi connectivity index (χ0v) is 18.6. The van der Waals surface area contributed by atoms with E-state index < -0.39 is 0 Å². The second kappa shape index (κ2) is 10.4. The molecule has 0 saturated carbocycles. The van der Waals surface area contributed by atoms with Gasteiger partial charge >= 0.3 is 0 Å². The number of hydrogen-bond donors (Lipinski definition) is 2. The first-order valence-corrected chi connectivity index (χ1v) is 9.97. The standard InChI is InChI=1S/C22H27N4.CH5N.ClH/c1-4-23-16-24(2)19-11-9-17(10-12-19)15-18-13-14-26-21-8-6-5-7-20(21)25(3)22(18)26;1-2;/h5-12,15,23H,4,13-14,16H2,1-3H3;2H2,1H3;1H/q+1;;/p-1. The van der Waals surface area contributed by atoms with Crippen molar-refractivity contribution in [2.24, 2.45) is 12.8 Å². The third kappa shape index (κ3) is 4.64. The molecule has 1 aromatic heterocycles. The van der Waals surface area contributed by atoms with Crippen LogP contribution >= 0.6 is 0 Å². The van der Waals surface area contributed by atoms with Crippen molar-refractivity contribution < 1.29 is 17.0 Å². The Morgan fingerprint density at radius 1 is 1.14 bits per heavy atom. The molecule has 0 bridgehead atoms. The second-order valence-electron chi connectivity index (χ2n) is 6.99. The molecule has 4 rings (SSSR count). The van der Waals surface area contributed by atoms with E-state index in [1.54, 1.807) is 0 Å². The number of hydrogen-bond acceptors (Lipinski definition) is 3. The molecule has 2 heterocycles. The van der Waals surface area contributed by atoms with Crippen LogP contribution in [0.3, 0.4) is 0 Å². The van der Waals surface area contributed by atoms with Gasteiger partial charge in [0.1, 0.15) is 0 Å². The highest BCUT2D eigenvalue weighted by Gasteiger charge is 2.30. The van der Waals surface area contributed by atoms with E-state index in [1.807, 2.05) is 0 Å². The van der Waals surface area contributed by atoms with Crippen molar-refractivity contribution in [1.82, 2.24) is 9.88 Å². The average Bonchev–Trinajstić information content (AvgIpc) is 3.28. The lowest BCUT2D eigenvalue weighted by molar-refractivity contribution is -0.647. The smallest absolute Gasteiger partial charge is 0.285 e. The Morgan fingerprint density at radius 3 is 2.52 bits per heavy atom. The monoisotopic (exact) mass is 413 g/mol. The van der Waals surface area contributed by atoms with Crippen molar-refractivity contribution in [3.63, 3.8) is 0 Å². The van der Waals surface area contributed by atoms with Crippen molar-refractivity contribution >= 4 is 28.4 Å². The molecule has 2 aromatic carbocycles. The predicted octanol–water partition coefficient (Wildman–Crippen LogP) is -0.00780. The topological polar surface area (TPSA) is 50.1 Å². The third-order valence-electron chi connectivity index (χ3n) is 5.27. The number of anilines is 1. The van der Waals surface area contributed by atoms with Gasteiger partial charge in [0, 0.05) is 24.7 Å². The van der Waals surface area contributed by atoms with E-state index in [9.17, 15) is 0 Å². The van der Waals surface area contributed by atoms with E-state index in [0.717, 1.165) is 26.2 Å². The molecule has 5 nitrogen and oxygen atoms in total. The van der Waals surface area contributed by atoms with Gasteiger partial charge in [0.15, 0.2) is 11.0 Å². The number of nitrogens with two attached hydrogens (primary N) is 1. The highest BCUT2D eigenvalue weighted by Crippen LogP contribution is 2.31. The number of allylic oxidation sites excluding steroid dienone is 1. The minimum Gasteiger partial charge on any atom is -1.00 e. The van der Waals surface area contributed by atoms with E-state index in [2.05, 4.69) is 101 Å². The molecule has 3 N–H and O–H groups in total. The molecule has 3 aromatic rings.